The van der Waals surface area contributed by atoms with Crippen LogP contribution < -0.4 is 4.18 Å². The quantitative estimate of drug-likeness (QED) is 0.601. The molecule has 0 saturated carbocycles. The summed E-state index contributed by atoms with van der Waals surface area (Å²) in [5.74, 6) is 0.370. The number of rotatable bonds is 4. The van der Waals surface area contributed by atoms with Crippen molar-refractivity contribution in [2.24, 2.45) is 0 Å². The fourth-order valence-corrected chi connectivity index (χ4v) is 3.77. The number of benzene rings is 2. The summed E-state index contributed by atoms with van der Waals surface area (Å²) in [6.07, 6.45) is 1.18. The van der Waals surface area contributed by atoms with Crippen LogP contribution in [0.25, 0.3) is 11.5 Å². The highest BCUT2D eigenvalue weighted by atomic mass is 79.9. The Bertz CT molecular complexity index is 945. The first-order chi connectivity index (χ1) is 11.0. The molecule has 0 N–H and O–H groups in total. The van der Waals surface area contributed by atoms with E-state index < -0.39 is 10.1 Å². The Kier molecular flexibility index (Phi) is 4.38. The third-order valence-corrected chi connectivity index (χ3v) is 5.03. The minimum Gasteiger partial charge on any atom is -0.423 e. The van der Waals surface area contributed by atoms with E-state index in [4.69, 9.17) is 20.2 Å². The Morgan fingerprint density at radius 1 is 1.17 bits per heavy atom. The number of hydrogen-bond donors (Lipinski definition) is 0. The SMILES string of the molecule is O=S(=O)(Oc1cccc(-c2nnco2)c1)c1ccc(Br)cc1Cl. The van der Waals surface area contributed by atoms with E-state index in [0.717, 1.165) is 0 Å². The number of nitrogens with zero attached hydrogens (tertiary/aromatic N) is 2. The smallest absolute Gasteiger partial charge is 0.340 e. The van der Waals surface area contributed by atoms with Crippen LogP contribution in [0.4, 0.5) is 0 Å². The maximum atomic E-state index is 12.4. The average Bonchev–Trinajstić information content (AvgIpc) is 3.00. The predicted molar refractivity (Wildman–Crippen MR) is 86.7 cm³/mol. The van der Waals surface area contributed by atoms with E-state index in [2.05, 4.69) is 26.1 Å². The van der Waals surface area contributed by atoms with Crippen LogP contribution in [0, 0.1) is 0 Å². The molecular weight excluding hydrogens is 408 g/mol. The highest BCUT2D eigenvalue weighted by molar-refractivity contribution is 9.10. The second kappa shape index (κ2) is 6.31. The summed E-state index contributed by atoms with van der Waals surface area (Å²) in [5, 5.41) is 7.39. The highest BCUT2D eigenvalue weighted by Crippen LogP contribution is 2.29. The van der Waals surface area contributed by atoms with Gasteiger partial charge < -0.3 is 8.60 Å². The molecule has 0 saturated heterocycles. The molecule has 0 amide bonds. The molecule has 2 aromatic carbocycles. The zero-order valence-corrected chi connectivity index (χ0v) is 14.5. The van der Waals surface area contributed by atoms with Crippen molar-refractivity contribution in [2.75, 3.05) is 0 Å². The van der Waals surface area contributed by atoms with Crippen molar-refractivity contribution in [3.8, 4) is 17.2 Å². The molecule has 3 rings (SSSR count). The van der Waals surface area contributed by atoms with Crippen LogP contribution in [0.3, 0.4) is 0 Å². The molecule has 0 aliphatic carbocycles. The van der Waals surface area contributed by atoms with Gasteiger partial charge in [0.25, 0.3) is 0 Å². The molecule has 0 radical (unpaired) electrons. The summed E-state index contributed by atoms with van der Waals surface area (Å²) < 4.78 is 35.6. The third-order valence-electron chi connectivity index (χ3n) is 2.81. The molecule has 118 valence electrons. The lowest BCUT2D eigenvalue weighted by molar-refractivity contribution is 0.486. The summed E-state index contributed by atoms with van der Waals surface area (Å²) in [4.78, 5) is -0.120. The summed E-state index contributed by atoms with van der Waals surface area (Å²) >= 11 is 9.19. The number of hydrogen-bond acceptors (Lipinski definition) is 6. The van der Waals surface area contributed by atoms with E-state index >= 15 is 0 Å². The van der Waals surface area contributed by atoms with E-state index in [1.807, 2.05) is 0 Å². The molecule has 9 heteroatoms. The maximum absolute atomic E-state index is 12.4. The van der Waals surface area contributed by atoms with E-state index in [9.17, 15) is 8.42 Å². The summed E-state index contributed by atoms with van der Waals surface area (Å²) in [6, 6.07) is 10.7. The predicted octanol–water partition coefficient (Wildman–Crippen LogP) is 3.92. The molecule has 6 nitrogen and oxygen atoms in total. The van der Waals surface area contributed by atoms with Gasteiger partial charge in [-0.2, -0.15) is 8.42 Å². The topological polar surface area (TPSA) is 82.3 Å². The molecule has 1 aromatic heterocycles. The lowest BCUT2D eigenvalue weighted by atomic mass is 10.2. The third kappa shape index (κ3) is 3.54. The van der Waals surface area contributed by atoms with E-state index in [0.29, 0.717) is 10.0 Å². The Labute approximate surface area is 145 Å². The molecule has 1 heterocycles. The van der Waals surface area contributed by atoms with Gasteiger partial charge in [0.15, 0.2) is 0 Å². The Morgan fingerprint density at radius 3 is 2.70 bits per heavy atom. The molecule has 0 atom stereocenters. The van der Waals surface area contributed by atoms with E-state index in [1.165, 1.54) is 30.7 Å². The number of aromatic nitrogens is 2. The highest BCUT2D eigenvalue weighted by Gasteiger charge is 2.21. The van der Waals surface area contributed by atoms with Crippen molar-refractivity contribution >= 4 is 37.6 Å². The fraction of sp³-hybridized carbons (Fsp3) is 0. The lowest BCUT2D eigenvalue weighted by Gasteiger charge is -2.09. The van der Waals surface area contributed by atoms with Crippen LogP contribution in [0.5, 0.6) is 5.75 Å². The maximum Gasteiger partial charge on any atom is 0.340 e. The molecule has 23 heavy (non-hydrogen) atoms. The van der Waals surface area contributed by atoms with Gasteiger partial charge >= 0.3 is 10.1 Å². The van der Waals surface area contributed by atoms with Gasteiger partial charge in [0, 0.05) is 10.0 Å². The first-order valence-corrected chi connectivity index (χ1v) is 8.80. The van der Waals surface area contributed by atoms with E-state index in [-0.39, 0.29) is 21.6 Å². The summed E-state index contributed by atoms with van der Waals surface area (Å²) in [7, 11) is -4.07. The van der Waals surface area contributed by atoms with Crippen molar-refractivity contribution < 1.29 is 17.0 Å². The van der Waals surface area contributed by atoms with Crippen LogP contribution in [0.2, 0.25) is 5.02 Å². The van der Waals surface area contributed by atoms with Gasteiger partial charge in [0.05, 0.1) is 5.02 Å². The van der Waals surface area contributed by atoms with Crippen LogP contribution in [0.15, 0.2) is 62.6 Å². The molecule has 3 aromatic rings. The Morgan fingerprint density at radius 2 is 2.00 bits per heavy atom. The second-order valence-electron chi connectivity index (χ2n) is 4.38. The zero-order chi connectivity index (χ0) is 16.4. The summed E-state index contributed by atoms with van der Waals surface area (Å²) in [6.45, 7) is 0. The van der Waals surface area contributed by atoms with Gasteiger partial charge in [-0.05, 0) is 36.4 Å². The fourth-order valence-electron chi connectivity index (χ4n) is 1.83. The average molecular weight is 416 g/mol. The standard InChI is InChI=1S/C14H8BrClN2O4S/c15-10-4-5-13(12(16)7-10)23(19,20)22-11-3-1-2-9(6-11)14-18-17-8-21-14/h1-8H. The van der Waals surface area contributed by atoms with Crippen molar-refractivity contribution in [3.05, 3.63) is 58.4 Å². The van der Waals surface area contributed by atoms with Gasteiger partial charge in [-0.3, -0.25) is 0 Å². The monoisotopic (exact) mass is 414 g/mol. The second-order valence-corrected chi connectivity index (χ2v) is 7.22. The van der Waals surface area contributed by atoms with Gasteiger partial charge in [0.1, 0.15) is 10.6 Å². The molecule has 0 bridgehead atoms. The largest absolute Gasteiger partial charge is 0.423 e. The zero-order valence-electron chi connectivity index (χ0n) is 11.3. The van der Waals surface area contributed by atoms with Crippen LogP contribution >= 0.6 is 27.5 Å². The molecule has 0 unspecified atom stereocenters. The molecule has 0 aliphatic heterocycles. The van der Waals surface area contributed by atoms with Crippen LogP contribution in [0.1, 0.15) is 0 Å². The minimum atomic E-state index is -4.07. The molecule has 0 aliphatic rings. The van der Waals surface area contributed by atoms with Crippen molar-refractivity contribution in [3.63, 3.8) is 0 Å². The molecule has 0 fully saturated rings. The first-order valence-electron chi connectivity index (χ1n) is 6.22. The normalized spacial score (nSPS) is 11.4. The first kappa shape index (κ1) is 16.0. The minimum absolute atomic E-state index is 0.0624. The number of halogens is 2. The van der Waals surface area contributed by atoms with Gasteiger partial charge in [0.2, 0.25) is 12.3 Å². The lowest BCUT2D eigenvalue weighted by Crippen LogP contribution is -2.10. The van der Waals surface area contributed by atoms with Gasteiger partial charge in [-0.15, -0.1) is 10.2 Å². The van der Waals surface area contributed by atoms with Crippen molar-refractivity contribution in [1.29, 1.82) is 0 Å². The Balaban J connectivity index is 1.93. The molecular formula is C14H8BrClN2O4S. The van der Waals surface area contributed by atoms with Crippen LogP contribution in [-0.4, -0.2) is 18.6 Å². The van der Waals surface area contributed by atoms with Gasteiger partial charge in [-0.25, -0.2) is 0 Å². The van der Waals surface area contributed by atoms with Crippen LogP contribution in [-0.2, 0) is 10.1 Å². The molecule has 0 spiro atoms. The van der Waals surface area contributed by atoms with E-state index in [1.54, 1.807) is 18.2 Å². The van der Waals surface area contributed by atoms with Crippen molar-refractivity contribution in [1.82, 2.24) is 10.2 Å². The van der Waals surface area contributed by atoms with Gasteiger partial charge in [-0.1, -0.05) is 33.6 Å². The van der Waals surface area contributed by atoms with Crippen molar-refractivity contribution in [2.45, 2.75) is 4.90 Å². The summed E-state index contributed by atoms with van der Waals surface area (Å²) in [5.41, 5.74) is 0.539. The Hall–Kier alpha value is -1.90.